The summed E-state index contributed by atoms with van der Waals surface area (Å²) in [7, 11) is 0. The number of amides is 2. The highest BCUT2D eigenvalue weighted by Gasteiger charge is 2.25. The second kappa shape index (κ2) is 6.84. The van der Waals surface area contributed by atoms with Gasteiger partial charge in [-0.05, 0) is 24.6 Å². The first-order chi connectivity index (χ1) is 11.5. The predicted molar refractivity (Wildman–Crippen MR) is 89.5 cm³/mol. The molecule has 126 valence electrons. The molecule has 2 N–H and O–H groups in total. The van der Waals surface area contributed by atoms with E-state index in [1.54, 1.807) is 40.8 Å². The van der Waals surface area contributed by atoms with E-state index < -0.39 is 5.91 Å². The lowest BCUT2D eigenvalue weighted by Crippen LogP contribution is -2.31. The van der Waals surface area contributed by atoms with Crippen LogP contribution in [-0.2, 0) is 13.1 Å². The molecule has 0 saturated heterocycles. The summed E-state index contributed by atoms with van der Waals surface area (Å²) >= 11 is 12.3. The monoisotopic (exact) mass is 367 g/mol. The summed E-state index contributed by atoms with van der Waals surface area (Å²) in [5, 5.41) is 9.38. The second-order valence-electron chi connectivity index (χ2n) is 5.53. The van der Waals surface area contributed by atoms with Crippen molar-refractivity contribution in [3.63, 3.8) is 0 Å². The zero-order chi connectivity index (χ0) is 17.3. The van der Waals surface area contributed by atoms with Gasteiger partial charge in [-0.1, -0.05) is 29.3 Å². The van der Waals surface area contributed by atoms with Crippen LogP contribution in [0.4, 0.5) is 0 Å². The smallest absolute Gasteiger partial charge is 0.276 e. The van der Waals surface area contributed by atoms with Crippen LogP contribution in [0.25, 0.3) is 0 Å². The summed E-state index contributed by atoms with van der Waals surface area (Å²) in [5.41, 5.74) is 3.05. The summed E-state index contributed by atoms with van der Waals surface area (Å²) in [5.74, 6) is -0.823. The van der Waals surface area contributed by atoms with Crippen molar-refractivity contribution in [3.8, 4) is 0 Å². The maximum atomic E-state index is 12.8. The van der Waals surface area contributed by atoms with E-state index in [0.29, 0.717) is 35.2 Å². The Bertz CT molecular complexity index is 784. The summed E-state index contributed by atoms with van der Waals surface area (Å²) in [6.45, 7) is 1.57. The third-order valence-corrected chi connectivity index (χ3v) is 4.62. The van der Waals surface area contributed by atoms with Crippen LogP contribution < -0.4 is 5.48 Å². The fourth-order valence-electron chi connectivity index (χ4n) is 2.82. The van der Waals surface area contributed by atoms with Crippen LogP contribution in [0, 0.1) is 0 Å². The molecular weight excluding hydrogens is 353 g/mol. The van der Waals surface area contributed by atoms with Crippen molar-refractivity contribution in [2.45, 2.75) is 19.5 Å². The van der Waals surface area contributed by atoms with Gasteiger partial charge in [0.05, 0.1) is 27.7 Å². The highest BCUT2D eigenvalue weighted by molar-refractivity contribution is 6.39. The first kappa shape index (κ1) is 16.8. The molecule has 2 aromatic rings. The molecule has 0 bridgehead atoms. The van der Waals surface area contributed by atoms with Gasteiger partial charge < -0.3 is 9.47 Å². The van der Waals surface area contributed by atoms with Crippen LogP contribution >= 0.6 is 23.2 Å². The number of hydroxylamine groups is 1. The number of nitrogens with zero attached hydrogens (tertiary/aromatic N) is 2. The first-order valence-corrected chi connectivity index (χ1v) is 8.13. The summed E-state index contributed by atoms with van der Waals surface area (Å²) in [4.78, 5) is 26.0. The van der Waals surface area contributed by atoms with Gasteiger partial charge in [0.15, 0.2) is 0 Å². The highest BCUT2D eigenvalue weighted by Crippen LogP contribution is 2.27. The molecular formula is C16H15Cl2N3O3. The standard InChI is InChI=1S/C16H15Cl2N3O3/c17-12-3-1-4-13(18)14(12)16(23)21-6-2-5-20-8-10(15(22)19-24)7-11(20)9-21/h1,3-4,7-8,24H,2,5-6,9H2,(H,19,22). The topological polar surface area (TPSA) is 74.6 Å². The van der Waals surface area contributed by atoms with Crippen LogP contribution in [0.3, 0.4) is 0 Å². The number of hydrogen-bond donors (Lipinski definition) is 2. The Kier molecular flexibility index (Phi) is 4.80. The number of benzene rings is 1. The molecule has 3 rings (SSSR count). The fraction of sp³-hybridized carbons (Fsp3) is 0.250. The molecule has 0 aliphatic carbocycles. The molecule has 0 atom stereocenters. The molecule has 6 nitrogen and oxygen atoms in total. The molecule has 2 heterocycles. The number of halogens is 2. The van der Waals surface area contributed by atoms with Gasteiger partial charge in [0.25, 0.3) is 11.8 Å². The summed E-state index contributed by atoms with van der Waals surface area (Å²) < 4.78 is 1.91. The third kappa shape index (κ3) is 3.13. The van der Waals surface area contributed by atoms with Crippen LogP contribution in [0.1, 0.15) is 32.8 Å². The van der Waals surface area contributed by atoms with Gasteiger partial charge in [-0.25, -0.2) is 5.48 Å². The highest BCUT2D eigenvalue weighted by atomic mass is 35.5. The van der Waals surface area contributed by atoms with E-state index in [4.69, 9.17) is 28.4 Å². The van der Waals surface area contributed by atoms with Crippen molar-refractivity contribution in [2.75, 3.05) is 6.54 Å². The van der Waals surface area contributed by atoms with Gasteiger partial charge in [-0.15, -0.1) is 0 Å². The Hall–Kier alpha value is -2.02. The first-order valence-electron chi connectivity index (χ1n) is 7.38. The van der Waals surface area contributed by atoms with E-state index in [1.807, 2.05) is 4.57 Å². The number of carbonyl (C=O) groups is 2. The molecule has 0 unspecified atom stereocenters. The quantitative estimate of drug-likeness (QED) is 0.632. The van der Waals surface area contributed by atoms with Crippen LogP contribution in [0.15, 0.2) is 30.5 Å². The van der Waals surface area contributed by atoms with E-state index in [0.717, 1.165) is 12.1 Å². The van der Waals surface area contributed by atoms with E-state index in [9.17, 15) is 9.59 Å². The lowest BCUT2D eigenvalue weighted by molar-refractivity contribution is 0.0706. The molecule has 24 heavy (non-hydrogen) atoms. The lowest BCUT2D eigenvalue weighted by atomic mass is 10.2. The maximum absolute atomic E-state index is 12.8. The van der Waals surface area contributed by atoms with E-state index >= 15 is 0 Å². The van der Waals surface area contributed by atoms with E-state index in [2.05, 4.69) is 0 Å². The van der Waals surface area contributed by atoms with E-state index in [-0.39, 0.29) is 11.5 Å². The van der Waals surface area contributed by atoms with E-state index in [1.165, 1.54) is 0 Å². The van der Waals surface area contributed by atoms with Crippen LogP contribution in [0.2, 0.25) is 10.0 Å². The Balaban J connectivity index is 1.89. The number of rotatable bonds is 2. The summed E-state index contributed by atoms with van der Waals surface area (Å²) in [6.07, 6.45) is 2.40. The largest absolute Gasteiger partial charge is 0.349 e. The SMILES string of the molecule is O=C(NO)c1cc2n(c1)CCCN(C(=O)c1c(Cl)cccc1Cl)C2. The molecule has 0 fully saturated rings. The maximum Gasteiger partial charge on any atom is 0.276 e. The number of carbonyl (C=O) groups excluding carboxylic acids is 2. The molecule has 0 saturated carbocycles. The van der Waals surface area contributed by atoms with Crippen LogP contribution in [-0.4, -0.2) is 33.0 Å². The number of hydrogen-bond acceptors (Lipinski definition) is 3. The Morgan fingerprint density at radius 2 is 1.88 bits per heavy atom. The number of aromatic nitrogens is 1. The van der Waals surface area contributed by atoms with Gasteiger partial charge >= 0.3 is 0 Å². The molecule has 1 aromatic heterocycles. The number of fused-ring (bicyclic) bond motifs is 1. The minimum Gasteiger partial charge on any atom is -0.349 e. The van der Waals surface area contributed by atoms with Crippen molar-refractivity contribution in [1.82, 2.24) is 14.9 Å². The summed E-state index contributed by atoms with van der Waals surface area (Å²) in [6, 6.07) is 6.61. The van der Waals surface area contributed by atoms with Crippen molar-refractivity contribution in [1.29, 1.82) is 0 Å². The second-order valence-corrected chi connectivity index (χ2v) is 6.35. The Labute approximate surface area is 148 Å². The lowest BCUT2D eigenvalue weighted by Gasteiger charge is -2.21. The molecule has 2 amide bonds. The Morgan fingerprint density at radius 3 is 2.54 bits per heavy atom. The van der Waals surface area contributed by atoms with Crippen molar-refractivity contribution in [2.24, 2.45) is 0 Å². The average Bonchev–Trinajstić information content (AvgIpc) is 2.85. The zero-order valence-corrected chi connectivity index (χ0v) is 14.1. The van der Waals surface area contributed by atoms with Crippen LogP contribution in [0.5, 0.6) is 0 Å². The Morgan fingerprint density at radius 1 is 1.17 bits per heavy atom. The number of aryl methyl sites for hydroxylation is 1. The third-order valence-electron chi connectivity index (χ3n) is 3.99. The molecule has 8 heteroatoms. The average molecular weight is 368 g/mol. The predicted octanol–water partition coefficient (Wildman–Crippen LogP) is 2.96. The molecule has 0 spiro atoms. The molecule has 1 aromatic carbocycles. The molecule has 1 aliphatic rings. The minimum atomic E-state index is -0.581. The number of nitrogens with one attached hydrogen (secondary N) is 1. The molecule has 1 aliphatic heterocycles. The van der Waals surface area contributed by atoms with Crippen molar-refractivity contribution >= 4 is 35.0 Å². The van der Waals surface area contributed by atoms with Gasteiger partial charge in [-0.3, -0.25) is 14.8 Å². The normalized spacial score (nSPS) is 14.0. The van der Waals surface area contributed by atoms with Gasteiger partial charge in [0, 0.05) is 25.0 Å². The molecule has 0 radical (unpaired) electrons. The fourth-order valence-corrected chi connectivity index (χ4v) is 3.38. The van der Waals surface area contributed by atoms with Gasteiger partial charge in [-0.2, -0.15) is 0 Å². The van der Waals surface area contributed by atoms with Crippen molar-refractivity contribution < 1.29 is 14.8 Å². The van der Waals surface area contributed by atoms with Crippen molar-refractivity contribution in [3.05, 3.63) is 57.3 Å². The van der Waals surface area contributed by atoms with Gasteiger partial charge in [0.1, 0.15) is 0 Å². The zero-order valence-electron chi connectivity index (χ0n) is 12.6. The van der Waals surface area contributed by atoms with Gasteiger partial charge in [0.2, 0.25) is 0 Å². The minimum absolute atomic E-state index is 0.242.